The van der Waals surface area contributed by atoms with Crippen molar-refractivity contribution in [3.63, 3.8) is 0 Å². The normalized spacial score (nSPS) is 11.3. The fourth-order valence-electron chi connectivity index (χ4n) is 2.77. The molecule has 0 saturated carbocycles. The average molecular weight is 384 g/mol. The molecule has 0 spiro atoms. The minimum absolute atomic E-state index is 0.0779. The molecule has 0 unspecified atom stereocenters. The zero-order chi connectivity index (χ0) is 19.4. The van der Waals surface area contributed by atoms with Crippen LogP contribution in [0.5, 0.6) is 5.75 Å². The number of hydrogen-bond donors (Lipinski definition) is 2. The molecule has 2 N–H and O–H groups in total. The summed E-state index contributed by atoms with van der Waals surface area (Å²) >= 11 is 0. The van der Waals surface area contributed by atoms with E-state index < -0.39 is 10.0 Å². The molecule has 140 valence electrons. The van der Waals surface area contributed by atoms with E-state index in [9.17, 15) is 13.2 Å². The number of methoxy groups -OCH3 is 1. The Morgan fingerprint density at radius 2 is 1.74 bits per heavy atom. The predicted molar refractivity (Wildman–Crippen MR) is 104 cm³/mol. The molecule has 3 aromatic carbocycles. The van der Waals surface area contributed by atoms with Crippen LogP contribution in [0, 0.1) is 0 Å². The van der Waals surface area contributed by atoms with Gasteiger partial charge < -0.3 is 10.1 Å². The number of amides is 1. The monoisotopic (exact) mass is 384 g/mol. The van der Waals surface area contributed by atoms with Crippen molar-refractivity contribution in [2.75, 3.05) is 14.2 Å². The van der Waals surface area contributed by atoms with Crippen LogP contribution in [0.25, 0.3) is 10.8 Å². The van der Waals surface area contributed by atoms with E-state index in [0.717, 1.165) is 16.3 Å². The lowest BCUT2D eigenvalue weighted by atomic mass is 10.1. The van der Waals surface area contributed by atoms with Crippen molar-refractivity contribution in [3.8, 4) is 5.75 Å². The van der Waals surface area contributed by atoms with Crippen molar-refractivity contribution in [2.24, 2.45) is 0 Å². The number of rotatable bonds is 6. The van der Waals surface area contributed by atoms with Crippen molar-refractivity contribution >= 4 is 26.7 Å². The average Bonchev–Trinajstić information content (AvgIpc) is 2.71. The molecule has 6 nitrogen and oxygen atoms in total. The lowest BCUT2D eigenvalue weighted by Crippen LogP contribution is -2.24. The van der Waals surface area contributed by atoms with E-state index in [-0.39, 0.29) is 22.1 Å². The van der Waals surface area contributed by atoms with Crippen LogP contribution >= 0.6 is 0 Å². The van der Waals surface area contributed by atoms with Crippen LogP contribution in [0.3, 0.4) is 0 Å². The van der Waals surface area contributed by atoms with Crippen molar-refractivity contribution in [3.05, 3.63) is 71.8 Å². The lowest BCUT2D eigenvalue weighted by molar-refractivity contribution is 0.0950. The molecule has 0 heterocycles. The molecule has 0 saturated heterocycles. The number of ether oxygens (including phenoxy) is 1. The highest BCUT2D eigenvalue weighted by molar-refractivity contribution is 7.89. The van der Waals surface area contributed by atoms with Crippen molar-refractivity contribution in [1.29, 1.82) is 0 Å². The third-order valence-electron chi connectivity index (χ3n) is 4.25. The Balaban J connectivity index is 1.80. The van der Waals surface area contributed by atoms with Crippen LogP contribution in [-0.4, -0.2) is 28.5 Å². The van der Waals surface area contributed by atoms with Gasteiger partial charge in [0.1, 0.15) is 10.6 Å². The Morgan fingerprint density at radius 1 is 1.00 bits per heavy atom. The van der Waals surface area contributed by atoms with Gasteiger partial charge in [-0.1, -0.05) is 36.4 Å². The quantitative estimate of drug-likeness (QED) is 0.684. The van der Waals surface area contributed by atoms with E-state index >= 15 is 0 Å². The van der Waals surface area contributed by atoms with E-state index in [4.69, 9.17) is 4.74 Å². The summed E-state index contributed by atoms with van der Waals surface area (Å²) in [6.07, 6.45) is 0. The summed E-state index contributed by atoms with van der Waals surface area (Å²) < 4.78 is 31.6. The standard InChI is InChI=1S/C20H20N2O4S/c1-21-27(24,25)19-12-17(9-10-18(19)26-2)20(23)22-13-14-7-8-15-5-3-4-6-16(15)11-14/h3-12,21H,13H2,1-2H3,(H,22,23). The van der Waals surface area contributed by atoms with E-state index in [0.29, 0.717) is 6.54 Å². The number of sulfonamides is 1. The SMILES string of the molecule is CNS(=O)(=O)c1cc(C(=O)NCc2ccc3ccccc3c2)ccc1OC. The molecule has 3 rings (SSSR count). The summed E-state index contributed by atoms with van der Waals surface area (Å²) in [6, 6.07) is 18.3. The van der Waals surface area contributed by atoms with Crippen molar-refractivity contribution in [2.45, 2.75) is 11.4 Å². The summed E-state index contributed by atoms with van der Waals surface area (Å²) in [7, 11) is -1.06. The van der Waals surface area contributed by atoms with Crippen molar-refractivity contribution < 1.29 is 17.9 Å². The summed E-state index contributed by atoms with van der Waals surface area (Å²) in [5.74, 6) is -0.186. The van der Waals surface area contributed by atoms with Gasteiger partial charge in [0, 0.05) is 12.1 Å². The van der Waals surface area contributed by atoms with Crippen LogP contribution in [-0.2, 0) is 16.6 Å². The van der Waals surface area contributed by atoms with E-state index in [1.165, 1.54) is 32.4 Å². The molecule has 7 heteroatoms. The Hall–Kier alpha value is -2.90. The molecule has 0 fully saturated rings. The highest BCUT2D eigenvalue weighted by Gasteiger charge is 2.20. The molecule has 27 heavy (non-hydrogen) atoms. The van der Waals surface area contributed by atoms with Crippen LogP contribution in [0.2, 0.25) is 0 Å². The molecule has 0 bridgehead atoms. The molecule has 0 aliphatic heterocycles. The second kappa shape index (κ2) is 7.77. The largest absolute Gasteiger partial charge is 0.495 e. The van der Waals surface area contributed by atoms with Crippen molar-refractivity contribution in [1.82, 2.24) is 10.0 Å². The van der Waals surface area contributed by atoms with E-state index in [2.05, 4.69) is 10.0 Å². The molecule has 0 aliphatic carbocycles. The molecule has 0 aliphatic rings. The van der Waals surface area contributed by atoms with Gasteiger partial charge in [-0.2, -0.15) is 0 Å². The van der Waals surface area contributed by atoms with Gasteiger partial charge >= 0.3 is 0 Å². The van der Waals surface area contributed by atoms with Gasteiger partial charge in [-0.3, -0.25) is 4.79 Å². The minimum atomic E-state index is -3.74. The van der Waals surface area contributed by atoms with Crippen LogP contribution in [0.1, 0.15) is 15.9 Å². The third kappa shape index (κ3) is 4.10. The lowest BCUT2D eigenvalue weighted by Gasteiger charge is -2.11. The molecular formula is C20H20N2O4S. The number of carbonyl (C=O) groups is 1. The first kappa shape index (κ1) is 18.9. The maximum absolute atomic E-state index is 12.5. The van der Waals surface area contributed by atoms with Gasteiger partial charge in [0.05, 0.1) is 7.11 Å². The molecule has 0 radical (unpaired) electrons. The van der Waals surface area contributed by atoms with Gasteiger partial charge in [0.15, 0.2) is 0 Å². The third-order valence-corrected chi connectivity index (χ3v) is 5.69. The fourth-order valence-corrected chi connectivity index (χ4v) is 3.69. The zero-order valence-electron chi connectivity index (χ0n) is 15.0. The second-order valence-electron chi connectivity index (χ2n) is 5.94. The molecule has 3 aromatic rings. The van der Waals surface area contributed by atoms with Crippen LogP contribution < -0.4 is 14.8 Å². The number of carbonyl (C=O) groups excluding carboxylic acids is 1. The number of benzene rings is 3. The zero-order valence-corrected chi connectivity index (χ0v) is 15.8. The van der Waals surface area contributed by atoms with Gasteiger partial charge in [-0.25, -0.2) is 13.1 Å². The van der Waals surface area contributed by atoms with Gasteiger partial charge in [0.2, 0.25) is 10.0 Å². The molecule has 1 amide bonds. The van der Waals surface area contributed by atoms with Gasteiger partial charge in [-0.05, 0) is 47.6 Å². The van der Waals surface area contributed by atoms with Gasteiger partial charge in [-0.15, -0.1) is 0 Å². The topological polar surface area (TPSA) is 84.5 Å². The molecule has 0 aromatic heterocycles. The summed E-state index contributed by atoms with van der Waals surface area (Å²) in [6.45, 7) is 0.337. The highest BCUT2D eigenvalue weighted by atomic mass is 32.2. The smallest absolute Gasteiger partial charge is 0.251 e. The first-order chi connectivity index (χ1) is 12.9. The number of fused-ring (bicyclic) bond motifs is 1. The molecular weight excluding hydrogens is 364 g/mol. The van der Waals surface area contributed by atoms with Crippen LogP contribution in [0.15, 0.2) is 65.6 Å². The Labute approximate surface area is 158 Å². The number of hydrogen-bond acceptors (Lipinski definition) is 4. The van der Waals surface area contributed by atoms with Crippen LogP contribution in [0.4, 0.5) is 0 Å². The predicted octanol–water partition coefficient (Wildman–Crippen LogP) is 2.69. The fraction of sp³-hybridized carbons (Fsp3) is 0.150. The Morgan fingerprint density at radius 3 is 2.44 bits per heavy atom. The Bertz CT molecular complexity index is 1090. The molecule has 0 atom stereocenters. The maximum Gasteiger partial charge on any atom is 0.251 e. The summed E-state index contributed by atoms with van der Waals surface area (Å²) in [5, 5.41) is 5.04. The van der Waals surface area contributed by atoms with E-state index in [1.54, 1.807) is 0 Å². The first-order valence-electron chi connectivity index (χ1n) is 8.32. The minimum Gasteiger partial charge on any atom is -0.495 e. The van der Waals surface area contributed by atoms with Gasteiger partial charge in [0.25, 0.3) is 5.91 Å². The summed E-state index contributed by atoms with van der Waals surface area (Å²) in [4.78, 5) is 12.4. The van der Waals surface area contributed by atoms with E-state index in [1.807, 2.05) is 42.5 Å². The maximum atomic E-state index is 12.5. The summed E-state index contributed by atoms with van der Waals surface area (Å²) in [5.41, 5.74) is 1.20. The highest BCUT2D eigenvalue weighted by Crippen LogP contribution is 2.24. The first-order valence-corrected chi connectivity index (χ1v) is 9.80. The Kier molecular flexibility index (Phi) is 5.43. The second-order valence-corrected chi connectivity index (χ2v) is 7.79. The number of nitrogens with one attached hydrogen (secondary N) is 2.